The molecular weight excluding hydrogens is 242 g/mol. The molecule has 5 heteroatoms. The van der Waals surface area contributed by atoms with Crippen LogP contribution in [0.25, 0.3) is 0 Å². The number of hydrogen-bond donors (Lipinski definition) is 2. The number of hydrogen-bond acceptors (Lipinski definition) is 3. The van der Waals surface area contributed by atoms with Crippen molar-refractivity contribution in [2.45, 2.75) is 51.1 Å². The fourth-order valence-electron chi connectivity index (χ4n) is 3.41. The highest BCUT2D eigenvalue weighted by Gasteiger charge is 2.40. The summed E-state index contributed by atoms with van der Waals surface area (Å²) >= 11 is 0. The van der Waals surface area contributed by atoms with Crippen molar-refractivity contribution in [3.05, 3.63) is 0 Å². The van der Waals surface area contributed by atoms with Gasteiger partial charge in [-0.3, -0.25) is 9.59 Å². The molecule has 19 heavy (non-hydrogen) atoms. The van der Waals surface area contributed by atoms with Gasteiger partial charge in [-0.2, -0.15) is 0 Å². The van der Waals surface area contributed by atoms with E-state index in [1.54, 1.807) is 11.9 Å². The Morgan fingerprint density at radius 1 is 1.21 bits per heavy atom. The first-order valence-corrected chi connectivity index (χ1v) is 7.34. The van der Waals surface area contributed by atoms with E-state index in [4.69, 9.17) is 5.73 Å². The van der Waals surface area contributed by atoms with Crippen LogP contribution in [0.4, 0.5) is 0 Å². The molecule has 3 N–H and O–H groups in total. The Labute approximate surface area is 114 Å². The topological polar surface area (TPSA) is 75.4 Å². The fourth-order valence-corrected chi connectivity index (χ4v) is 3.41. The molecule has 1 saturated carbocycles. The van der Waals surface area contributed by atoms with Gasteiger partial charge in [0, 0.05) is 19.6 Å². The number of likely N-dealkylation sites (N-methyl/N-ethyl adjacent to an activating group) is 1. The van der Waals surface area contributed by atoms with Crippen molar-refractivity contribution < 1.29 is 9.59 Å². The van der Waals surface area contributed by atoms with Gasteiger partial charge in [0.1, 0.15) is 6.04 Å². The summed E-state index contributed by atoms with van der Waals surface area (Å²) in [5, 5.41) is 2.65. The summed E-state index contributed by atoms with van der Waals surface area (Å²) in [6, 6.07) is -0.353. The molecular formula is C14H25N3O2. The smallest absolute Gasteiger partial charge is 0.242 e. The zero-order valence-corrected chi connectivity index (χ0v) is 11.9. The summed E-state index contributed by atoms with van der Waals surface area (Å²) in [4.78, 5) is 26.2. The van der Waals surface area contributed by atoms with Gasteiger partial charge in [-0.1, -0.05) is 13.3 Å². The second-order valence-corrected chi connectivity index (χ2v) is 5.90. The van der Waals surface area contributed by atoms with Gasteiger partial charge < -0.3 is 16.0 Å². The molecule has 1 aliphatic carbocycles. The molecule has 2 aliphatic rings. The first-order chi connectivity index (χ1) is 9.06. The van der Waals surface area contributed by atoms with Crippen LogP contribution in [-0.2, 0) is 9.59 Å². The van der Waals surface area contributed by atoms with E-state index in [-0.39, 0.29) is 29.8 Å². The minimum atomic E-state index is -0.290. The lowest BCUT2D eigenvalue weighted by molar-refractivity contribution is -0.143. The molecule has 1 aliphatic heterocycles. The lowest BCUT2D eigenvalue weighted by Gasteiger charge is -2.36. The van der Waals surface area contributed by atoms with Crippen molar-refractivity contribution >= 4 is 11.8 Å². The largest absolute Gasteiger partial charge is 0.357 e. The SMILES string of the molecule is CNC(=O)C1CCCN1C(=O)C1CCCC(C)C1N. The van der Waals surface area contributed by atoms with Crippen molar-refractivity contribution in [3.63, 3.8) is 0 Å². The molecule has 0 aromatic heterocycles. The van der Waals surface area contributed by atoms with Gasteiger partial charge in [0.2, 0.25) is 11.8 Å². The van der Waals surface area contributed by atoms with E-state index in [1.165, 1.54) is 0 Å². The molecule has 2 amide bonds. The Morgan fingerprint density at radius 2 is 1.95 bits per heavy atom. The average molecular weight is 267 g/mol. The number of likely N-dealkylation sites (tertiary alicyclic amines) is 1. The summed E-state index contributed by atoms with van der Waals surface area (Å²) in [6.07, 6.45) is 4.69. The zero-order valence-electron chi connectivity index (χ0n) is 11.9. The molecule has 0 aromatic rings. The van der Waals surface area contributed by atoms with Crippen LogP contribution >= 0.6 is 0 Å². The van der Waals surface area contributed by atoms with Crippen molar-refractivity contribution in [2.75, 3.05) is 13.6 Å². The normalized spacial score (nSPS) is 35.2. The third kappa shape index (κ3) is 2.76. The molecule has 0 aromatic carbocycles. The molecule has 1 heterocycles. The number of rotatable bonds is 2. The maximum atomic E-state index is 12.7. The van der Waals surface area contributed by atoms with Crippen LogP contribution in [0, 0.1) is 11.8 Å². The number of nitrogens with zero attached hydrogens (tertiary/aromatic N) is 1. The first-order valence-electron chi connectivity index (χ1n) is 7.34. The van der Waals surface area contributed by atoms with Crippen molar-refractivity contribution in [2.24, 2.45) is 17.6 Å². The van der Waals surface area contributed by atoms with Gasteiger partial charge in [-0.05, 0) is 31.6 Å². The average Bonchev–Trinajstić information content (AvgIpc) is 2.89. The third-order valence-corrected chi connectivity index (χ3v) is 4.70. The van der Waals surface area contributed by atoms with Crippen LogP contribution in [0.2, 0.25) is 0 Å². The van der Waals surface area contributed by atoms with Crippen LogP contribution in [0.5, 0.6) is 0 Å². The molecule has 0 bridgehead atoms. The van der Waals surface area contributed by atoms with Crippen LogP contribution in [0.3, 0.4) is 0 Å². The molecule has 108 valence electrons. The number of carbonyl (C=O) groups excluding carboxylic acids is 2. The van der Waals surface area contributed by atoms with Gasteiger partial charge >= 0.3 is 0 Å². The predicted molar refractivity (Wildman–Crippen MR) is 73.3 cm³/mol. The second-order valence-electron chi connectivity index (χ2n) is 5.90. The maximum absolute atomic E-state index is 12.7. The molecule has 0 spiro atoms. The van der Waals surface area contributed by atoms with E-state index in [1.807, 2.05) is 0 Å². The molecule has 2 rings (SSSR count). The highest BCUT2D eigenvalue weighted by molar-refractivity contribution is 5.89. The highest BCUT2D eigenvalue weighted by Crippen LogP contribution is 2.31. The Kier molecular flexibility index (Phi) is 4.45. The Bertz CT molecular complexity index is 359. The van der Waals surface area contributed by atoms with Gasteiger partial charge in [-0.15, -0.1) is 0 Å². The number of nitrogens with two attached hydrogens (primary N) is 1. The fraction of sp³-hybridized carbons (Fsp3) is 0.857. The van der Waals surface area contributed by atoms with Crippen molar-refractivity contribution in [1.29, 1.82) is 0 Å². The number of amides is 2. The molecule has 5 nitrogen and oxygen atoms in total. The summed E-state index contributed by atoms with van der Waals surface area (Å²) in [5.74, 6) is 0.325. The summed E-state index contributed by atoms with van der Waals surface area (Å²) in [5.41, 5.74) is 6.20. The lowest BCUT2D eigenvalue weighted by atomic mass is 9.77. The van der Waals surface area contributed by atoms with E-state index in [2.05, 4.69) is 12.2 Å². The lowest BCUT2D eigenvalue weighted by Crippen LogP contribution is -2.52. The third-order valence-electron chi connectivity index (χ3n) is 4.70. The Balaban J connectivity index is 2.08. The van der Waals surface area contributed by atoms with Crippen LogP contribution in [-0.4, -0.2) is 42.4 Å². The van der Waals surface area contributed by atoms with E-state index in [0.717, 1.165) is 32.1 Å². The Morgan fingerprint density at radius 3 is 2.63 bits per heavy atom. The molecule has 1 saturated heterocycles. The summed E-state index contributed by atoms with van der Waals surface area (Å²) < 4.78 is 0. The van der Waals surface area contributed by atoms with E-state index < -0.39 is 0 Å². The van der Waals surface area contributed by atoms with Gasteiger partial charge in [0.15, 0.2) is 0 Å². The van der Waals surface area contributed by atoms with E-state index in [0.29, 0.717) is 12.5 Å². The number of carbonyl (C=O) groups is 2. The van der Waals surface area contributed by atoms with E-state index in [9.17, 15) is 9.59 Å². The van der Waals surface area contributed by atoms with E-state index >= 15 is 0 Å². The van der Waals surface area contributed by atoms with Crippen LogP contribution in [0.1, 0.15) is 39.0 Å². The quantitative estimate of drug-likeness (QED) is 0.764. The maximum Gasteiger partial charge on any atom is 0.242 e. The van der Waals surface area contributed by atoms with Gasteiger partial charge in [0.25, 0.3) is 0 Å². The van der Waals surface area contributed by atoms with Gasteiger partial charge in [-0.25, -0.2) is 0 Å². The zero-order chi connectivity index (χ0) is 14.0. The number of nitrogens with one attached hydrogen (secondary N) is 1. The molecule has 0 radical (unpaired) electrons. The monoisotopic (exact) mass is 267 g/mol. The van der Waals surface area contributed by atoms with Crippen LogP contribution in [0.15, 0.2) is 0 Å². The van der Waals surface area contributed by atoms with Crippen molar-refractivity contribution in [1.82, 2.24) is 10.2 Å². The predicted octanol–water partition coefficient (Wildman–Crippen LogP) is 0.487. The van der Waals surface area contributed by atoms with Crippen LogP contribution < -0.4 is 11.1 Å². The first kappa shape index (κ1) is 14.3. The Hall–Kier alpha value is -1.10. The minimum absolute atomic E-state index is 0.0525. The highest BCUT2D eigenvalue weighted by atomic mass is 16.2. The van der Waals surface area contributed by atoms with Gasteiger partial charge in [0.05, 0.1) is 5.92 Å². The summed E-state index contributed by atoms with van der Waals surface area (Å²) in [7, 11) is 1.62. The molecule has 2 fully saturated rings. The minimum Gasteiger partial charge on any atom is -0.357 e. The summed E-state index contributed by atoms with van der Waals surface area (Å²) in [6.45, 7) is 2.80. The molecule has 4 unspecified atom stereocenters. The van der Waals surface area contributed by atoms with Crippen molar-refractivity contribution in [3.8, 4) is 0 Å². The molecule has 4 atom stereocenters. The standard InChI is InChI=1S/C14H25N3O2/c1-9-5-3-6-10(12(9)15)14(19)17-8-4-7-11(17)13(18)16-2/h9-12H,3-8,15H2,1-2H3,(H,16,18). The second kappa shape index (κ2) is 5.90.